The molecule has 0 aliphatic heterocycles. The highest BCUT2D eigenvalue weighted by atomic mass is 16.4. The molecule has 0 radical (unpaired) electrons. The van der Waals surface area contributed by atoms with Crippen LogP contribution in [-0.2, 0) is 25.7 Å². The molecule has 0 heterocycles. The van der Waals surface area contributed by atoms with Crippen LogP contribution in [0.25, 0.3) is 0 Å². The largest absolute Gasteiger partial charge is 0.411 e. The highest BCUT2D eigenvalue weighted by Crippen LogP contribution is 2.10. The van der Waals surface area contributed by atoms with Gasteiger partial charge in [0.2, 0.25) is 0 Å². The molecule has 0 aromatic heterocycles. The molecule has 0 atom stereocenters. The fourth-order valence-electron chi connectivity index (χ4n) is 3.81. The van der Waals surface area contributed by atoms with Crippen LogP contribution in [0.15, 0.2) is 120 Å². The van der Waals surface area contributed by atoms with Crippen molar-refractivity contribution in [1.82, 2.24) is 0 Å². The summed E-state index contributed by atoms with van der Waals surface area (Å²) in [5.41, 5.74) is 8.71. The van der Waals surface area contributed by atoms with Gasteiger partial charge >= 0.3 is 0 Å². The van der Waals surface area contributed by atoms with Gasteiger partial charge < -0.3 is 10.4 Å². The summed E-state index contributed by atoms with van der Waals surface area (Å²) in [6.07, 6.45) is 2.74. The molecule has 0 aliphatic carbocycles. The summed E-state index contributed by atoms with van der Waals surface area (Å²) < 4.78 is 0. The van der Waals surface area contributed by atoms with Gasteiger partial charge in [0.05, 0.1) is 11.4 Å². The molecule has 2 N–H and O–H groups in total. The minimum Gasteiger partial charge on any atom is -0.411 e. The lowest BCUT2D eigenvalue weighted by atomic mass is 10.0. The first-order chi connectivity index (χ1) is 17.6. The lowest BCUT2D eigenvalue weighted by Crippen LogP contribution is -2.07. The lowest BCUT2D eigenvalue weighted by molar-refractivity contribution is 0.317. The maximum absolute atomic E-state index is 9.09. The minimum atomic E-state index is 0.686. The maximum Gasteiger partial charge on any atom is 0.0658 e. The summed E-state index contributed by atoms with van der Waals surface area (Å²) in [5.74, 6) is 0. The van der Waals surface area contributed by atoms with Crippen molar-refractivity contribution >= 4 is 11.4 Å². The number of benzene rings is 4. The van der Waals surface area contributed by atoms with E-state index in [9.17, 15) is 0 Å². The first-order valence-electron chi connectivity index (χ1n) is 12.1. The van der Waals surface area contributed by atoms with Crippen LogP contribution < -0.4 is 0 Å². The van der Waals surface area contributed by atoms with Gasteiger partial charge in [-0.3, -0.25) is 0 Å². The zero-order valence-corrected chi connectivity index (χ0v) is 21.0. The van der Waals surface area contributed by atoms with Crippen LogP contribution in [0.5, 0.6) is 0 Å². The Morgan fingerprint density at radius 2 is 0.722 bits per heavy atom. The van der Waals surface area contributed by atoms with Gasteiger partial charge in [-0.1, -0.05) is 131 Å². The topological polar surface area (TPSA) is 65.2 Å². The normalized spacial score (nSPS) is 11.5. The molecule has 4 aromatic carbocycles. The van der Waals surface area contributed by atoms with E-state index in [1.165, 1.54) is 22.3 Å². The van der Waals surface area contributed by atoms with Gasteiger partial charge in [-0.05, 0) is 36.1 Å². The van der Waals surface area contributed by atoms with Crippen molar-refractivity contribution in [3.63, 3.8) is 0 Å². The Bertz CT molecular complexity index is 1130. The average molecular weight is 479 g/mol. The molecule has 4 heteroatoms. The third-order valence-electron chi connectivity index (χ3n) is 5.84. The SMILES string of the molecule is Cc1ccc(C/C(Cc2ccccc2)=N/O)cc1.Cc1ccc(C/C(Cc2ccccc2)=N/O)cc1. The van der Waals surface area contributed by atoms with E-state index in [1.54, 1.807) is 0 Å². The Balaban J connectivity index is 0.000000201. The van der Waals surface area contributed by atoms with Gasteiger partial charge in [-0.25, -0.2) is 0 Å². The molecule has 0 fully saturated rings. The highest BCUT2D eigenvalue weighted by Gasteiger charge is 2.05. The Hall–Kier alpha value is -4.18. The van der Waals surface area contributed by atoms with Gasteiger partial charge in [-0.15, -0.1) is 0 Å². The second-order valence-electron chi connectivity index (χ2n) is 8.98. The van der Waals surface area contributed by atoms with Crippen LogP contribution in [-0.4, -0.2) is 21.8 Å². The average Bonchev–Trinajstić information content (AvgIpc) is 2.92. The molecule has 4 aromatic rings. The maximum atomic E-state index is 9.09. The molecule has 36 heavy (non-hydrogen) atoms. The van der Waals surface area contributed by atoms with Crippen LogP contribution in [0.3, 0.4) is 0 Å². The summed E-state index contributed by atoms with van der Waals surface area (Å²) in [4.78, 5) is 0. The van der Waals surface area contributed by atoms with Crippen molar-refractivity contribution in [2.75, 3.05) is 0 Å². The van der Waals surface area contributed by atoms with Gasteiger partial charge in [0.15, 0.2) is 0 Å². The summed E-state index contributed by atoms with van der Waals surface area (Å²) >= 11 is 0. The first-order valence-corrected chi connectivity index (χ1v) is 12.1. The minimum absolute atomic E-state index is 0.686. The molecule has 0 amide bonds. The molecule has 0 unspecified atom stereocenters. The number of rotatable bonds is 8. The molecule has 184 valence electrons. The van der Waals surface area contributed by atoms with E-state index in [4.69, 9.17) is 10.4 Å². The summed E-state index contributed by atoms with van der Waals surface area (Å²) in [7, 11) is 0. The van der Waals surface area contributed by atoms with E-state index in [0.29, 0.717) is 25.7 Å². The second kappa shape index (κ2) is 14.3. The third kappa shape index (κ3) is 9.22. The monoisotopic (exact) mass is 478 g/mol. The zero-order valence-electron chi connectivity index (χ0n) is 21.0. The Morgan fingerprint density at radius 1 is 0.444 bits per heavy atom. The van der Waals surface area contributed by atoms with Crippen molar-refractivity contribution in [3.8, 4) is 0 Å². The molecule has 0 saturated carbocycles. The smallest absolute Gasteiger partial charge is 0.0658 e. The quantitative estimate of drug-likeness (QED) is 0.159. The first kappa shape index (κ1) is 26.4. The number of oxime groups is 2. The molecule has 0 saturated heterocycles. The molecule has 0 bridgehead atoms. The Morgan fingerprint density at radius 3 is 1.00 bits per heavy atom. The van der Waals surface area contributed by atoms with Crippen molar-refractivity contribution in [2.45, 2.75) is 39.5 Å². The number of aryl methyl sites for hydroxylation is 2. The number of hydrogen-bond donors (Lipinski definition) is 2. The van der Waals surface area contributed by atoms with Gasteiger partial charge in [-0.2, -0.15) is 0 Å². The van der Waals surface area contributed by atoms with Crippen LogP contribution in [0.1, 0.15) is 33.4 Å². The van der Waals surface area contributed by atoms with Crippen molar-refractivity contribution in [3.05, 3.63) is 143 Å². The predicted molar refractivity (Wildman–Crippen MR) is 149 cm³/mol. The molecule has 4 rings (SSSR count). The van der Waals surface area contributed by atoms with Crippen molar-refractivity contribution < 1.29 is 10.4 Å². The highest BCUT2D eigenvalue weighted by molar-refractivity contribution is 5.88. The fraction of sp³-hybridized carbons (Fsp3) is 0.188. The molecular formula is C32H34N2O2. The molecule has 0 spiro atoms. The lowest BCUT2D eigenvalue weighted by Gasteiger charge is -2.05. The Kier molecular flexibility index (Phi) is 10.5. The molecular weight excluding hydrogens is 444 g/mol. The molecule has 0 aliphatic rings. The summed E-state index contributed by atoms with van der Waals surface area (Å²) in [5, 5.41) is 25.0. The van der Waals surface area contributed by atoms with E-state index < -0.39 is 0 Å². The van der Waals surface area contributed by atoms with E-state index in [0.717, 1.165) is 22.6 Å². The summed E-state index contributed by atoms with van der Waals surface area (Å²) in [6.45, 7) is 4.13. The van der Waals surface area contributed by atoms with E-state index in [-0.39, 0.29) is 0 Å². The predicted octanol–water partition coefficient (Wildman–Crippen LogP) is 7.22. The Labute approximate surface area is 214 Å². The van der Waals surface area contributed by atoms with E-state index >= 15 is 0 Å². The van der Waals surface area contributed by atoms with Crippen LogP contribution >= 0.6 is 0 Å². The number of nitrogens with zero attached hydrogens (tertiary/aromatic N) is 2. The summed E-state index contributed by atoms with van der Waals surface area (Å²) in [6, 6.07) is 36.7. The number of hydrogen-bond acceptors (Lipinski definition) is 4. The van der Waals surface area contributed by atoms with E-state index in [2.05, 4.69) is 72.7 Å². The van der Waals surface area contributed by atoms with Gasteiger partial charge in [0, 0.05) is 25.7 Å². The van der Waals surface area contributed by atoms with Gasteiger partial charge in [0.25, 0.3) is 0 Å². The van der Waals surface area contributed by atoms with Crippen molar-refractivity contribution in [2.24, 2.45) is 10.3 Å². The van der Waals surface area contributed by atoms with Crippen LogP contribution in [0, 0.1) is 13.8 Å². The second-order valence-corrected chi connectivity index (χ2v) is 8.98. The zero-order chi connectivity index (χ0) is 25.6. The van der Waals surface area contributed by atoms with Crippen molar-refractivity contribution in [1.29, 1.82) is 0 Å². The fourth-order valence-corrected chi connectivity index (χ4v) is 3.81. The van der Waals surface area contributed by atoms with Crippen LogP contribution in [0.2, 0.25) is 0 Å². The third-order valence-corrected chi connectivity index (χ3v) is 5.84. The van der Waals surface area contributed by atoms with Gasteiger partial charge in [0.1, 0.15) is 0 Å². The standard InChI is InChI=1S/2C16H17NO/c2*1-13-7-9-15(10-8-13)12-16(17-18)11-14-5-3-2-4-6-14/h2*2-10,18H,11-12H2,1H3/b2*17-16+. The van der Waals surface area contributed by atoms with E-state index in [1.807, 2.05) is 60.7 Å². The molecule has 4 nitrogen and oxygen atoms in total. The van der Waals surface area contributed by atoms with Crippen LogP contribution in [0.4, 0.5) is 0 Å².